The van der Waals surface area contributed by atoms with Gasteiger partial charge in [-0.1, -0.05) is 22.9 Å². The number of aromatic nitrogens is 2. The van der Waals surface area contributed by atoms with Gasteiger partial charge >= 0.3 is 0 Å². The molecule has 8 nitrogen and oxygen atoms in total. The molecule has 0 fully saturated rings. The molecule has 0 bridgehead atoms. The first-order valence-electron chi connectivity index (χ1n) is 9.56. The number of nitro benzene ring substituents is 1. The lowest BCUT2D eigenvalue weighted by Crippen LogP contribution is -2.22. The molecule has 0 spiro atoms. The molecule has 0 aliphatic carbocycles. The highest BCUT2D eigenvalue weighted by Gasteiger charge is 2.11. The fourth-order valence-electron chi connectivity index (χ4n) is 3.14. The van der Waals surface area contributed by atoms with Crippen LogP contribution in [-0.4, -0.2) is 20.8 Å². The van der Waals surface area contributed by atoms with Crippen molar-refractivity contribution >= 4 is 38.7 Å². The zero-order valence-electron chi connectivity index (χ0n) is 16.5. The number of nitrogens with zero attached hydrogens (tertiary/aromatic N) is 4. The molecule has 2 heterocycles. The van der Waals surface area contributed by atoms with Crippen molar-refractivity contribution in [2.45, 2.75) is 19.8 Å². The number of hydrogen-bond acceptors (Lipinski definition) is 6. The van der Waals surface area contributed by atoms with Gasteiger partial charge in [-0.15, -0.1) is 0 Å². The van der Waals surface area contributed by atoms with Gasteiger partial charge in [-0.2, -0.15) is 9.78 Å². The Balaban J connectivity index is 1.68. The van der Waals surface area contributed by atoms with Gasteiger partial charge < -0.3 is 4.42 Å². The number of non-ortho nitro benzene ring substituents is 1. The van der Waals surface area contributed by atoms with Crippen LogP contribution in [0.5, 0.6) is 0 Å². The molecule has 0 aliphatic heterocycles. The third-order valence-corrected chi connectivity index (χ3v) is 5.13. The van der Waals surface area contributed by atoms with Gasteiger partial charge in [0.2, 0.25) is 0 Å². The predicted octanol–water partition coefficient (Wildman–Crippen LogP) is 5.16. The fraction of sp³-hybridized carbons (Fsp3) is 0.136. The first-order chi connectivity index (χ1) is 15.0. The first-order valence-corrected chi connectivity index (χ1v) is 10.4. The van der Waals surface area contributed by atoms with E-state index in [2.05, 4.69) is 26.0 Å². The molecule has 0 aliphatic rings. The van der Waals surface area contributed by atoms with Gasteiger partial charge in [0.1, 0.15) is 17.3 Å². The highest BCUT2D eigenvalue weighted by Crippen LogP contribution is 2.24. The van der Waals surface area contributed by atoms with Crippen molar-refractivity contribution < 1.29 is 9.34 Å². The van der Waals surface area contributed by atoms with Crippen LogP contribution in [0.4, 0.5) is 5.69 Å². The van der Waals surface area contributed by atoms with Crippen LogP contribution in [0.15, 0.2) is 73.4 Å². The number of fused-ring (bicyclic) bond motifs is 1. The third kappa shape index (κ3) is 4.31. The van der Waals surface area contributed by atoms with E-state index in [1.165, 1.54) is 23.0 Å². The van der Waals surface area contributed by atoms with Crippen LogP contribution in [-0.2, 0) is 6.42 Å². The van der Waals surface area contributed by atoms with Gasteiger partial charge in [-0.05, 0) is 48.9 Å². The van der Waals surface area contributed by atoms with E-state index >= 15 is 0 Å². The Kier molecular flexibility index (Phi) is 5.77. The van der Waals surface area contributed by atoms with Crippen LogP contribution < -0.4 is 5.56 Å². The van der Waals surface area contributed by atoms with E-state index in [-0.39, 0.29) is 11.2 Å². The molecule has 4 aromatic rings. The molecule has 0 atom stereocenters. The highest BCUT2D eigenvalue weighted by molar-refractivity contribution is 9.10. The summed E-state index contributed by atoms with van der Waals surface area (Å²) in [5, 5.41) is 15.6. The van der Waals surface area contributed by atoms with Crippen LogP contribution in [0, 0.1) is 10.1 Å². The summed E-state index contributed by atoms with van der Waals surface area (Å²) >= 11 is 3.39. The van der Waals surface area contributed by atoms with Crippen molar-refractivity contribution in [3.05, 3.63) is 91.1 Å². The normalized spacial score (nSPS) is 11.4. The standard InChI is InChI=1S/C22H17BrN4O4/c1-2-3-21-25-19-10-6-15(23)12-18(19)22(28)26(21)24-13-17-9-11-20(31-17)14-4-7-16(8-5-14)27(29)30/h4-13H,2-3H2,1H3. The monoisotopic (exact) mass is 480 g/mol. The van der Waals surface area contributed by atoms with Gasteiger partial charge in [-0.3, -0.25) is 14.9 Å². The number of benzene rings is 2. The van der Waals surface area contributed by atoms with E-state index in [0.29, 0.717) is 40.2 Å². The van der Waals surface area contributed by atoms with E-state index in [1.54, 1.807) is 36.4 Å². The summed E-state index contributed by atoms with van der Waals surface area (Å²) in [5.74, 6) is 1.55. The van der Waals surface area contributed by atoms with Crippen LogP contribution in [0.1, 0.15) is 24.9 Å². The summed E-state index contributed by atoms with van der Waals surface area (Å²) < 4.78 is 7.86. The van der Waals surface area contributed by atoms with Gasteiger partial charge in [0.15, 0.2) is 0 Å². The number of furan rings is 1. The quantitative estimate of drug-likeness (QED) is 0.215. The van der Waals surface area contributed by atoms with Crippen molar-refractivity contribution in [2.24, 2.45) is 5.10 Å². The molecule has 0 saturated heterocycles. The number of aryl methyl sites for hydroxylation is 1. The lowest BCUT2D eigenvalue weighted by atomic mass is 10.1. The maximum atomic E-state index is 13.0. The average molecular weight is 481 g/mol. The second-order valence-electron chi connectivity index (χ2n) is 6.81. The Morgan fingerprint density at radius 2 is 1.97 bits per heavy atom. The number of halogens is 1. The number of hydrogen-bond donors (Lipinski definition) is 0. The summed E-state index contributed by atoms with van der Waals surface area (Å²) in [6.45, 7) is 2.01. The van der Waals surface area contributed by atoms with Crippen molar-refractivity contribution in [3.63, 3.8) is 0 Å². The Bertz CT molecular complexity index is 1360. The molecule has 31 heavy (non-hydrogen) atoms. The summed E-state index contributed by atoms with van der Waals surface area (Å²) in [6, 6.07) is 14.9. The second kappa shape index (κ2) is 8.65. The van der Waals surface area contributed by atoms with Crippen molar-refractivity contribution in [1.82, 2.24) is 9.66 Å². The van der Waals surface area contributed by atoms with Crippen LogP contribution >= 0.6 is 15.9 Å². The average Bonchev–Trinajstić information content (AvgIpc) is 3.23. The first kappa shape index (κ1) is 20.7. The summed E-state index contributed by atoms with van der Waals surface area (Å²) in [5.41, 5.74) is 1.08. The molecule has 0 N–H and O–H groups in total. The van der Waals surface area contributed by atoms with Crippen LogP contribution in [0.3, 0.4) is 0 Å². The zero-order chi connectivity index (χ0) is 22.0. The molecule has 4 rings (SSSR count). The predicted molar refractivity (Wildman–Crippen MR) is 121 cm³/mol. The Labute approximate surface area is 185 Å². The second-order valence-corrected chi connectivity index (χ2v) is 7.72. The largest absolute Gasteiger partial charge is 0.455 e. The minimum atomic E-state index is -0.453. The molecule has 0 radical (unpaired) electrons. The Morgan fingerprint density at radius 1 is 1.19 bits per heavy atom. The highest BCUT2D eigenvalue weighted by atomic mass is 79.9. The molecule has 156 valence electrons. The van der Waals surface area contributed by atoms with E-state index in [9.17, 15) is 14.9 Å². The van der Waals surface area contributed by atoms with E-state index < -0.39 is 4.92 Å². The summed E-state index contributed by atoms with van der Waals surface area (Å²) in [4.78, 5) is 28.0. The molecule has 9 heteroatoms. The smallest absolute Gasteiger partial charge is 0.282 e. The summed E-state index contributed by atoms with van der Waals surface area (Å²) in [6.07, 6.45) is 2.88. The van der Waals surface area contributed by atoms with Gasteiger partial charge in [0, 0.05) is 28.6 Å². The van der Waals surface area contributed by atoms with Crippen LogP contribution in [0.2, 0.25) is 0 Å². The number of rotatable bonds is 6. The van der Waals surface area contributed by atoms with Gasteiger partial charge in [0.05, 0.1) is 22.0 Å². The van der Waals surface area contributed by atoms with Crippen molar-refractivity contribution in [2.75, 3.05) is 0 Å². The molecule has 2 aromatic heterocycles. The lowest BCUT2D eigenvalue weighted by molar-refractivity contribution is -0.384. The fourth-order valence-corrected chi connectivity index (χ4v) is 3.50. The lowest BCUT2D eigenvalue weighted by Gasteiger charge is -2.08. The summed E-state index contributed by atoms with van der Waals surface area (Å²) in [7, 11) is 0. The maximum Gasteiger partial charge on any atom is 0.282 e. The Hall–Kier alpha value is -3.59. The minimum absolute atomic E-state index is 0.00959. The molecule has 0 saturated carbocycles. The van der Waals surface area contributed by atoms with Crippen molar-refractivity contribution in [1.29, 1.82) is 0 Å². The third-order valence-electron chi connectivity index (χ3n) is 4.64. The topological polar surface area (TPSA) is 104 Å². The minimum Gasteiger partial charge on any atom is -0.455 e. The molecule has 2 aromatic carbocycles. The zero-order valence-corrected chi connectivity index (χ0v) is 18.1. The molecule has 0 amide bonds. The Morgan fingerprint density at radius 3 is 2.68 bits per heavy atom. The molecule has 0 unspecified atom stereocenters. The van der Waals surface area contributed by atoms with Crippen LogP contribution in [0.25, 0.3) is 22.2 Å². The maximum absolute atomic E-state index is 13.0. The molecular formula is C22H17BrN4O4. The van der Waals surface area contributed by atoms with E-state index in [1.807, 2.05) is 13.0 Å². The van der Waals surface area contributed by atoms with Gasteiger partial charge in [-0.25, -0.2) is 4.98 Å². The number of nitro groups is 1. The van der Waals surface area contributed by atoms with E-state index in [0.717, 1.165) is 10.9 Å². The van der Waals surface area contributed by atoms with E-state index in [4.69, 9.17) is 4.42 Å². The van der Waals surface area contributed by atoms with Gasteiger partial charge in [0.25, 0.3) is 11.2 Å². The molecular weight excluding hydrogens is 464 g/mol. The van der Waals surface area contributed by atoms with Crippen molar-refractivity contribution in [3.8, 4) is 11.3 Å². The SMILES string of the molecule is CCCc1nc2ccc(Br)cc2c(=O)n1N=Cc1ccc(-c2ccc([N+](=O)[O-])cc2)o1.